The number of ether oxygens (including phenoxy) is 1. The average molecular weight is 223 g/mol. The third kappa shape index (κ3) is 1.83. The van der Waals surface area contributed by atoms with E-state index in [-0.39, 0.29) is 0 Å². The molecule has 0 saturated heterocycles. The first-order valence-corrected chi connectivity index (χ1v) is 5.06. The summed E-state index contributed by atoms with van der Waals surface area (Å²) < 4.78 is 5.38. The maximum Gasteiger partial charge on any atom is 0.120 e. The van der Waals surface area contributed by atoms with Gasteiger partial charge in [-0.15, -0.1) is 0 Å². The van der Waals surface area contributed by atoms with E-state index in [1.54, 1.807) is 6.20 Å². The summed E-state index contributed by atoms with van der Waals surface area (Å²) >= 11 is 5.89. The van der Waals surface area contributed by atoms with Crippen molar-refractivity contribution in [1.82, 2.24) is 4.98 Å². The molecule has 2 aromatic rings. The largest absolute Gasteiger partial charge is 0.494 e. The Balaban J connectivity index is 2.63. The number of rotatable bonds is 2. The molecule has 2 rings (SSSR count). The molecule has 78 valence electrons. The van der Waals surface area contributed by atoms with Gasteiger partial charge in [0.2, 0.25) is 0 Å². The van der Waals surface area contributed by atoms with Crippen LogP contribution in [-0.2, 0) is 0 Å². The van der Waals surface area contributed by atoms with Gasteiger partial charge in [-0.3, -0.25) is 4.98 Å². The molecule has 0 saturated carbocycles. The fourth-order valence-corrected chi connectivity index (χ4v) is 1.57. The van der Waals surface area contributed by atoms with E-state index in [0.717, 1.165) is 16.7 Å². The second-order valence-corrected chi connectivity index (χ2v) is 3.54. The molecular formula is C11H11ClN2O. The maximum atomic E-state index is 5.89. The minimum Gasteiger partial charge on any atom is -0.494 e. The molecule has 0 aliphatic heterocycles. The molecule has 1 aromatic carbocycles. The van der Waals surface area contributed by atoms with Crippen LogP contribution in [0.2, 0.25) is 5.02 Å². The first-order chi connectivity index (χ1) is 7.22. The molecule has 2 N–H and O–H groups in total. The number of anilines is 1. The van der Waals surface area contributed by atoms with Crippen molar-refractivity contribution in [2.45, 2.75) is 6.92 Å². The van der Waals surface area contributed by atoms with Gasteiger partial charge in [-0.05, 0) is 25.1 Å². The molecule has 1 heterocycles. The number of nitrogens with two attached hydrogens (primary N) is 1. The minimum absolute atomic E-state index is 0.469. The van der Waals surface area contributed by atoms with Crippen LogP contribution in [0.4, 0.5) is 5.69 Å². The fourth-order valence-electron chi connectivity index (χ4n) is 1.42. The van der Waals surface area contributed by atoms with Crippen LogP contribution >= 0.6 is 11.6 Å². The van der Waals surface area contributed by atoms with Crippen molar-refractivity contribution in [2.24, 2.45) is 0 Å². The standard InChI is InChI=1S/C11H11ClN2O/c1-2-15-7-3-4-10-8(5-7)11(13)9(12)6-14-10/h3-6H,2H2,1H3,(H2,13,14). The zero-order valence-electron chi connectivity index (χ0n) is 8.33. The van der Waals surface area contributed by atoms with E-state index in [1.165, 1.54) is 0 Å². The van der Waals surface area contributed by atoms with Crippen LogP contribution in [0.1, 0.15) is 6.92 Å². The molecule has 0 radical (unpaired) electrons. The maximum absolute atomic E-state index is 5.89. The first kappa shape index (κ1) is 10.1. The summed E-state index contributed by atoms with van der Waals surface area (Å²) in [6.45, 7) is 2.56. The van der Waals surface area contributed by atoms with Crippen molar-refractivity contribution in [3.05, 3.63) is 29.4 Å². The van der Waals surface area contributed by atoms with Gasteiger partial charge in [-0.25, -0.2) is 0 Å². The normalized spacial score (nSPS) is 10.5. The van der Waals surface area contributed by atoms with Crippen LogP contribution in [0.5, 0.6) is 5.75 Å². The highest BCUT2D eigenvalue weighted by molar-refractivity contribution is 6.34. The van der Waals surface area contributed by atoms with Gasteiger partial charge >= 0.3 is 0 Å². The topological polar surface area (TPSA) is 48.1 Å². The SMILES string of the molecule is CCOc1ccc2ncc(Cl)c(N)c2c1. The van der Waals surface area contributed by atoms with Gasteiger partial charge in [0.15, 0.2) is 0 Å². The van der Waals surface area contributed by atoms with Gasteiger partial charge in [0.25, 0.3) is 0 Å². The van der Waals surface area contributed by atoms with Gasteiger partial charge in [-0.2, -0.15) is 0 Å². The van der Waals surface area contributed by atoms with E-state index in [9.17, 15) is 0 Å². The lowest BCUT2D eigenvalue weighted by atomic mass is 10.2. The minimum atomic E-state index is 0.469. The number of nitrogen functional groups attached to an aromatic ring is 1. The summed E-state index contributed by atoms with van der Waals surface area (Å²) in [5.74, 6) is 0.778. The zero-order chi connectivity index (χ0) is 10.8. The van der Waals surface area contributed by atoms with Crippen LogP contribution in [0.3, 0.4) is 0 Å². The Morgan fingerprint density at radius 2 is 2.27 bits per heavy atom. The summed E-state index contributed by atoms with van der Waals surface area (Å²) in [4.78, 5) is 4.18. The lowest BCUT2D eigenvalue weighted by Crippen LogP contribution is -1.94. The van der Waals surface area contributed by atoms with Gasteiger partial charge in [0.05, 0.1) is 22.8 Å². The van der Waals surface area contributed by atoms with Crippen LogP contribution in [0, 0.1) is 0 Å². The van der Waals surface area contributed by atoms with Crippen molar-refractivity contribution < 1.29 is 4.74 Å². The van der Waals surface area contributed by atoms with E-state index < -0.39 is 0 Å². The third-order valence-corrected chi connectivity index (χ3v) is 2.44. The Labute approximate surface area is 92.8 Å². The first-order valence-electron chi connectivity index (χ1n) is 4.69. The van der Waals surface area contributed by atoms with Gasteiger partial charge < -0.3 is 10.5 Å². The van der Waals surface area contributed by atoms with E-state index in [1.807, 2.05) is 25.1 Å². The summed E-state index contributed by atoms with van der Waals surface area (Å²) in [6.07, 6.45) is 1.56. The van der Waals surface area contributed by atoms with Crippen LogP contribution < -0.4 is 10.5 Å². The Bertz CT molecular complexity index is 499. The van der Waals surface area contributed by atoms with Gasteiger partial charge in [0, 0.05) is 11.6 Å². The lowest BCUT2D eigenvalue weighted by Gasteiger charge is -2.06. The number of pyridine rings is 1. The number of aromatic nitrogens is 1. The van der Waals surface area contributed by atoms with Crippen LogP contribution in [0.15, 0.2) is 24.4 Å². The van der Waals surface area contributed by atoms with Crippen molar-refractivity contribution in [2.75, 3.05) is 12.3 Å². The zero-order valence-corrected chi connectivity index (χ0v) is 9.08. The number of halogens is 1. The molecule has 0 fully saturated rings. The Kier molecular flexibility index (Phi) is 2.64. The molecule has 0 spiro atoms. The molecule has 15 heavy (non-hydrogen) atoms. The highest BCUT2D eigenvalue weighted by atomic mass is 35.5. The predicted molar refractivity (Wildman–Crippen MR) is 62.3 cm³/mol. The molecule has 0 unspecified atom stereocenters. The van der Waals surface area contributed by atoms with Crippen molar-refractivity contribution in [3.8, 4) is 5.75 Å². The Morgan fingerprint density at radius 1 is 1.47 bits per heavy atom. The molecule has 3 nitrogen and oxygen atoms in total. The van der Waals surface area contributed by atoms with E-state index >= 15 is 0 Å². The number of nitrogens with zero attached hydrogens (tertiary/aromatic N) is 1. The van der Waals surface area contributed by atoms with Gasteiger partial charge in [-0.1, -0.05) is 11.6 Å². The second-order valence-electron chi connectivity index (χ2n) is 3.13. The van der Waals surface area contributed by atoms with Crippen molar-refractivity contribution >= 4 is 28.2 Å². The molecule has 0 aliphatic carbocycles. The Morgan fingerprint density at radius 3 is 3.00 bits per heavy atom. The smallest absolute Gasteiger partial charge is 0.120 e. The monoisotopic (exact) mass is 222 g/mol. The second kappa shape index (κ2) is 3.95. The number of benzene rings is 1. The molecule has 0 bridgehead atoms. The summed E-state index contributed by atoms with van der Waals surface area (Å²) in [6, 6.07) is 5.59. The number of fused-ring (bicyclic) bond motifs is 1. The highest BCUT2D eigenvalue weighted by Gasteiger charge is 2.05. The molecular weight excluding hydrogens is 212 g/mol. The molecule has 4 heteroatoms. The van der Waals surface area contributed by atoms with E-state index in [0.29, 0.717) is 17.3 Å². The lowest BCUT2D eigenvalue weighted by molar-refractivity contribution is 0.340. The van der Waals surface area contributed by atoms with Crippen LogP contribution in [-0.4, -0.2) is 11.6 Å². The van der Waals surface area contributed by atoms with Crippen LogP contribution in [0.25, 0.3) is 10.9 Å². The van der Waals surface area contributed by atoms with Gasteiger partial charge in [0.1, 0.15) is 5.75 Å². The van der Waals surface area contributed by atoms with Crippen molar-refractivity contribution in [1.29, 1.82) is 0 Å². The quantitative estimate of drug-likeness (QED) is 0.850. The van der Waals surface area contributed by atoms with E-state index in [4.69, 9.17) is 22.1 Å². The number of hydrogen-bond acceptors (Lipinski definition) is 3. The van der Waals surface area contributed by atoms with Crippen molar-refractivity contribution in [3.63, 3.8) is 0 Å². The Hall–Kier alpha value is -1.48. The third-order valence-electron chi connectivity index (χ3n) is 2.14. The summed E-state index contributed by atoms with van der Waals surface area (Å²) in [5.41, 5.74) is 7.22. The van der Waals surface area contributed by atoms with E-state index in [2.05, 4.69) is 4.98 Å². The molecule has 0 amide bonds. The molecule has 0 aliphatic rings. The fraction of sp³-hybridized carbons (Fsp3) is 0.182. The summed E-state index contributed by atoms with van der Waals surface area (Å²) in [7, 11) is 0. The molecule has 1 aromatic heterocycles. The molecule has 0 atom stereocenters. The predicted octanol–water partition coefficient (Wildman–Crippen LogP) is 2.87. The average Bonchev–Trinajstić information content (AvgIpc) is 2.25. The highest BCUT2D eigenvalue weighted by Crippen LogP contribution is 2.29. The summed E-state index contributed by atoms with van der Waals surface area (Å²) in [5, 5.41) is 1.30. The number of hydrogen-bond donors (Lipinski definition) is 1.